The number of amides is 2. The molecule has 0 unspecified atom stereocenters. The summed E-state index contributed by atoms with van der Waals surface area (Å²) in [6, 6.07) is 0. The summed E-state index contributed by atoms with van der Waals surface area (Å²) in [6.07, 6.45) is 7.58. The number of hydrogen-bond acceptors (Lipinski definition) is 4. The third-order valence-corrected chi connectivity index (χ3v) is 8.11. The molecule has 0 bridgehead atoms. The van der Waals surface area contributed by atoms with Crippen molar-refractivity contribution in [3.05, 3.63) is 104 Å². The summed E-state index contributed by atoms with van der Waals surface area (Å²) in [5, 5.41) is 24.6. The molecule has 6 N–H and O–H groups in total. The first-order valence-corrected chi connectivity index (χ1v) is 13.9. The van der Waals surface area contributed by atoms with Gasteiger partial charge in [0, 0.05) is 64.5 Å². The number of aliphatic carboxylic acids is 2. The second-order valence-electron chi connectivity index (χ2n) is 10.7. The van der Waals surface area contributed by atoms with Gasteiger partial charge in [-0.25, -0.2) is 0 Å². The predicted octanol–water partition coefficient (Wildman–Crippen LogP) is 3.88. The number of nitrogens with one attached hydrogen (secondary N) is 4. The standard InChI is InChI=1S/C33H36N4O6.K.H/c1-7-20-19(6)32(42)37-27(20)14-25-18(5)23(10-12-31(40)41)29(35-25)15-28-22(9-11-30(38)39)17(4)24(34-28)13-26-16(3)21(8-2)33(43)36-26;;/h7-8,13-14,34-35H,1-2,9-12,15H2,3-6H3,(H,36,43)(H,37,42)(H,38,39)(H,40,41);;/b26-13-,27-14-;;. The van der Waals surface area contributed by atoms with E-state index in [0.29, 0.717) is 34.5 Å². The SMILES string of the molecule is C=CC1=C(C)/C(=C/c2[nH]c(Cc3[nH]c(/C=C4\NC(=O)C(C)=C4C=C)c(C)c3CCC(=O)O)c(CCC(=O)O)c2C)NC1=O.[KH]. The van der Waals surface area contributed by atoms with E-state index in [1.807, 2.05) is 32.9 Å². The molecule has 11 heteroatoms. The average molecular weight is 625 g/mol. The number of aromatic nitrogens is 2. The van der Waals surface area contributed by atoms with Crippen molar-refractivity contribution in [1.82, 2.24) is 20.6 Å². The van der Waals surface area contributed by atoms with Gasteiger partial charge in [-0.3, -0.25) is 19.2 Å². The summed E-state index contributed by atoms with van der Waals surface area (Å²) < 4.78 is 0. The van der Waals surface area contributed by atoms with Crippen LogP contribution in [0.4, 0.5) is 0 Å². The van der Waals surface area contributed by atoms with E-state index in [4.69, 9.17) is 0 Å². The van der Waals surface area contributed by atoms with Gasteiger partial charge in [0.15, 0.2) is 0 Å². The second kappa shape index (κ2) is 14.5. The van der Waals surface area contributed by atoms with Crippen LogP contribution in [0.2, 0.25) is 0 Å². The minimum atomic E-state index is -0.922. The number of rotatable bonds is 12. The van der Waals surface area contributed by atoms with E-state index in [0.717, 1.165) is 50.6 Å². The van der Waals surface area contributed by atoms with Gasteiger partial charge in [0.1, 0.15) is 0 Å². The second-order valence-corrected chi connectivity index (χ2v) is 10.7. The zero-order valence-corrected chi connectivity index (χ0v) is 24.8. The number of hydrogen-bond donors (Lipinski definition) is 6. The molecule has 2 amide bonds. The third kappa shape index (κ3) is 7.24. The molecule has 0 atom stereocenters. The number of carbonyl (C=O) groups excluding carboxylic acids is 2. The maximum absolute atomic E-state index is 12.3. The molecule has 0 saturated heterocycles. The van der Waals surface area contributed by atoms with Gasteiger partial charge in [-0.1, -0.05) is 25.3 Å². The van der Waals surface area contributed by atoms with Crippen molar-refractivity contribution >= 4 is 87.3 Å². The molecule has 2 aromatic heterocycles. The van der Waals surface area contributed by atoms with Gasteiger partial charge in [-0.2, -0.15) is 0 Å². The maximum atomic E-state index is 12.3. The Morgan fingerprint density at radius 1 is 0.705 bits per heavy atom. The Morgan fingerprint density at radius 3 is 1.59 bits per heavy atom. The van der Waals surface area contributed by atoms with Crippen molar-refractivity contribution in [1.29, 1.82) is 0 Å². The molecule has 0 saturated carbocycles. The molecular formula is C33H37KN4O6. The van der Waals surface area contributed by atoms with E-state index in [2.05, 4.69) is 33.8 Å². The van der Waals surface area contributed by atoms with Crippen LogP contribution in [0.3, 0.4) is 0 Å². The number of carboxylic acid groups (broad SMARTS) is 2. The Bertz CT molecular complexity index is 1710. The molecular weight excluding hydrogens is 587 g/mol. The monoisotopic (exact) mass is 624 g/mol. The van der Waals surface area contributed by atoms with Gasteiger partial charge >= 0.3 is 63.3 Å². The van der Waals surface area contributed by atoms with E-state index in [-0.39, 0.29) is 88.9 Å². The van der Waals surface area contributed by atoms with Crippen LogP contribution >= 0.6 is 0 Å². The predicted molar refractivity (Wildman–Crippen MR) is 171 cm³/mol. The molecule has 10 nitrogen and oxygen atoms in total. The van der Waals surface area contributed by atoms with Crippen LogP contribution in [0.1, 0.15) is 71.7 Å². The summed E-state index contributed by atoms with van der Waals surface area (Å²) in [5.74, 6) is -2.28. The average Bonchev–Trinajstić information content (AvgIpc) is 3.59. The molecule has 0 fully saturated rings. The van der Waals surface area contributed by atoms with E-state index in [1.165, 1.54) is 6.08 Å². The molecule has 2 aliphatic heterocycles. The van der Waals surface area contributed by atoms with E-state index in [1.54, 1.807) is 13.0 Å². The van der Waals surface area contributed by atoms with Crippen molar-refractivity contribution in [3.63, 3.8) is 0 Å². The fourth-order valence-corrected chi connectivity index (χ4v) is 5.61. The summed E-state index contributed by atoms with van der Waals surface area (Å²) >= 11 is 0. The van der Waals surface area contributed by atoms with Crippen molar-refractivity contribution in [2.45, 2.75) is 59.8 Å². The van der Waals surface area contributed by atoms with Crippen LogP contribution in [0.15, 0.2) is 59.0 Å². The fraction of sp³-hybridized carbons (Fsp3) is 0.273. The molecule has 0 aliphatic carbocycles. The van der Waals surface area contributed by atoms with E-state index >= 15 is 0 Å². The van der Waals surface area contributed by atoms with Crippen molar-refractivity contribution < 1.29 is 29.4 Å². The molecule has 2 aliphatic rings. The number of carboxylic acids is 2. The van der Waals surface area contributed by atoms with Gasteiger partial charge in [-0.15, -0.1) is 0 Å². The summed E-state index contributed by atoms with van der Waals surface area (Å²) in [4.78, 5) is 54.5. The number of allylic oxidation sites excluding steroid dienone is 2. The van der Waals surface area contributed by atoms with Crippen LogP contribution in [0, 0.1) is 13.8 Å². The molecule has 0 aromatic carbocycles. The van der Waals surface area contributed by atoms with Crippen molar-refractivity contribution in [2.24, 2.45) is 0 Å². The molecule has 2 aromatic rings. The first-order valence-electron chi connectivity index (χ1n) is 13.9. The van der Waals surface area contributed by atoms with E-state index < -0.39 is 11.9 Å². The quantitative estimate of drug-likeness (QED) is 0.196. The molecule has 4 heterocycles. The topological polar surface area (TPSA) is 164 Å². The first-order chi connectivity index (χ1) is 20.4. The van der Waals surface area contributed by atoms with Crippen LogP contribution in [0.25, 0.3) is 12.2 Å². The summed E-state index contributed by atoms with van der Waals surface area (Å²) in [7, 11) is 0. The van der Waals surface area contributed by atoms with Crippen molar-refractivity contribution in [2.75, 3.05) is 0 Å². The zero-order valence-electron chi connectivity index (χ0n) is 24.8. The van der Waals surface area contributed by atoms with Crippen LogP contribution < -0.4 is 10.6 Å². The molecule has 0 spiro atoms. The van der Waals surface area contributed by atoms with Gasteiger partial charge in [0.2, 0.25) is 0 Å². The first kappa shape index (κ1) is 35.0. The van der Waals surface area contributed by atoms with Crippen LogP contribution in [-0.2, 0) is 38.4 Å². The molecule has 0 radical (unpaired) electrons. The number of H-pyrrole nitrogens is 2. The third-order valence-electron chi connectivity index (χ3n) is 8.11. The van der Waals surface area contributed by atoms with E-state index in [9.17, 15) is 29.4 Å². The van der Waals surface area contributed by atoms with Crippen LogP contribution in [-0.4, -0.2) is 95.3 Å². The zero-order chi connectivity index (χ0) is 31.6. The molecule has 4 rings (SSSR count). The minimum absolute atomic E-state index is 0. The Morgan fingerprint density at radius 2 is 1.16 bits per heavy atom. The molecule has 44 heavy (non-hydrogen) atoms. The van der Waals surface area contributed by atoms with Crippen LogP contribution in [0.5, 0.6) is 0 Å². The fourth-order valence-electron chi connectivity index (χ4n) is 5.61. The summed E-state index contributed by atoms with van der Waals surface area (Å²) in [5.41, 5.74) is 10.2. The van der Waals surface area contributed by atoms with Gasteiger partial charge in [-0.05, 0) is 80.5 Å². The van der Waals surface area contributed by atoms with Gasteiger partial charge < -0.3 is 30.8 Å². The number of carbonyl (C=O) groups is 4. The van der Waals surface area contributed by atoms with Gasteiger partial charge in [0.05, 0.1) is 5.70 Å². The molecule has 226 valence electrons. The summed E-state index contributed by atoms with van der Waals surface area (Å²) in [6.45, 7) is 14.9. The number of aromatic amines is 2. The Kier molecular flexibility index (Phi) is 11.6. The van der Waals surface area contributed by atoms with Crippen molar-refractivity contribution in [3.8, 4) is 0 Å². The Labute approximate surface area is 298 Å². The normalized spacial score (nSPS) is 16.5. The Balaban J connectivity index is 0.00000529. The Hall–Kier alpha value is -3.48. The van der Waals surface area contributed by atoms with Gasteiger partial charge in [0.25, 0.3) is 11.8 Å².